The SMILES string of the molecule is Cc1cc(-n2cc(C#N)c(-c3ccccc3)c2)ccc1C(=O)O. The first kappa shape index (κ1) is 14.6. The van der Waals surface area contributed by atoms with Gasteiger partial charge in [-0.1, -0.05) is 30.3 Å². The van der Waals surface area contributed by atoms with Crippen LogP contribution >= 0.6 is 0 Å². The second-order valence-electron chi connectivity index (χ2n) is 5.28. The standard InChI is InChI=1S/C19H14N2O2/c1-13-9-16(7-8-17(13)19(22)23)21-11-15(10-20)18(12-21)14-5-3-2-4-6-14/h2-9,11-12H,1H3,(H,22,23). The van der Waals surface area contributed by atoms with Gasteiger partial charge in [-0.25, -0.2) is 4.79 Å². The largest absolute Gasteiger partial charge is 0.478 e. The van der Waals surface area contributed by atoms with Crippen molar-refractivity contribution in [1.29, 1.82) is 5.26 Å². The monoisotopic (exact) mass is 302 g/mol. The van der Waals surface area contributed by atoms with E-state index in [-0.39, 0.29) is 5.56 Å². The molecule has 0 radical (unpaired) electrons. The van der Waals surface area contributed by atoms with Crippen molar-refractivity contribution in [3.63, 3.8) is 0 Å². The molecule has 4 heteroatoms. The molecule has 23 heavy (non-hydrogen) atoms. The summed E-state index contributed by atoms with van der Waals surface area (Å²) in [6.07, 6.45) is 3.65. The molecule has 0 spiro atoms. The topological polar surface area (TPSA) is 66.0 Å². The first-order valence-corrected chi connectivity index (χ1v) is 7.12. The van der Waals surface area contributed by atoms with Gasteiger partial charge in [0.25, 0.3) is 0 Å². The lowest BCUT2D eigenvalue weighted by Crippen LogP contribution is -2.01. The molecule has 2 aromatic carbocycles. The van der Waals surface area contributed by atoms with E-state index in [9.17, 15) is 10.1 Å². The average molecular weight is 302 g/mol. The summed E-state index contributed by atoms with van der Waals surface area (Å²) in [7, 11) is 0. The predicted octanol–water partition coefficient (Wildman–Crippen LogP) is 4.02. The van der Waals surface area contributed by atoms with E-state index in [1.807, 2.05) is 41.1 Å². The van der Waals surface area contributed by atoms with Crippen LogP contribution in [0.1, 0.15) is 21.5 Å². The highest BCUT2D eigenvalue weighted by atomic mass is 16.4. The molecule has 1 aromatic heterocycles. The number of hydrogen-bond acceptors (Lipinski definition) is 2. The van der Waals surface area contributed by atoms with Crippen LogP contribution < -0.4 is 0 Å². The van der Waals surface area contributed by atoms with Gasteiger partial charge in [0, 0.05) is 23.6 Å². The summed E-state index contributed by atoms with van der Waals surface area (Å²) in [5, 5.41) is 18.5. The fraction of sp³-hybridized carbons (Fsp3) is 0.0526. The van der Waals surface area contributed by atoms with Crippen molar-refractivity contribution < 1.29 is 9.90 Å². The Hall–Kier alpha value is -3.32. The number of nitriles is 1. The Labute approximate surface area is 133 Å². The Morgan fingerprint density at radius 2 is 1.87 bits per heavy atom. The van der Waals surface area contributed by atoms with Crippen LogP contribution in [0.15, 0.2) is 60.9 Å². The zero-order chi connectivity index (χ0) is 16.4. The molecule has 3 aromatic rings. The number of carboxylic acid groups (broad SMARTS) is 1. The van der Waals surface area contributed by atoms with Crippen LogP contribution in [0.25, 0.3) is 16.8 Å². The lowest BCUT2D eigenvalue weighted by molar-refractivity contribution is 0.0696. The summed E-state index contributed by atoms with van der Waals surface area (Å²) in [6, 6.07) is 17.1. The van der Waals surface area contributed by atoms with Crippen LogP contribution in [0, 0.1) is 18.3 Å². The molecule has 1 heterocycles. The number of aromatic nitrogens is 1. The van der Waals surface area contributed by atoms with Crippen molar-refractivity contribution in [3.05, 3.63) is 77.6 Å². The molecule has 0 atom stereocenters. The first-order chi connectivity index (χ1) is 11.1. The molecule has 0 aliphatic carbocycles. The average Bonchev–Trinajstić information content (AvgIpc) is 2.99. The van der Waals surface area contributed by atoms with Gasteiger partial charge in [-0.15, -0.1) is 0 Å². The highest BCUT2D eigenvalue weighted by molar-refractivity contribution is 5.89. The second-order valence-corrected chi connectivity index (χ2v) is 5.28. The third kappa shape index (κ3) is 2.72. The summed E-state index contributed by atoms with van der Waals surface area (Å²) in [6.45, 7) is 1.76. The predicted molar refractivity (Wildman–Crippen MR) is 87.6 cm³/mol. The number of aromatic carboxylic acids is 1. The fourth-order valence-corrected chi connectivity index (χ4v) is 2.59. The molecule has 0 saturated carbocycles. The number of benzene rings is 2. The normalized spacial score (nSPS) is 10.3. The molecule has 0 saturated heterocycles. The zero-order valence-electron chi connectivity index (χ0n) is 12.5. The molecule has 112 valence electrons. The quantitative estimate of drug-likeness (QED) is 0.794. The molecular formula is C19H14N2O2. The van der Waals surface area contributed by atoms with Crippen molar-refractivity contribution in [3.8, 4) is 22.9 Å². The van der Waals surface area contributed by atoms with E-state index in [4.69, 9.17) is 5.11 Å². The summed E-state index contributed by atoms with van der Waals surface area (Å²) in [5.74, 6) is -0.941. The van der Waals surface area contributed by atoms with Gasteiger partial charge in [0.2, 0.25) is 0 Å². The van der Waals surface area contributed by atoms with Crippen molar-refractivity contribution in [2.24, 2.45) is 0 Å². The van der Waals surface area contributed by atoms with Gasteiger partial charge < -0.3 is 9.67 Å². The van der Waals surface area contributed by atoms with Gasteiger partial charge in [-0.2, -0.15) is 5.26 Å². The molecule has 0 fully saturated rings. The van der Waals surface area contributed by atoms with E-state index < -0.39 is 5.97 Å². The summed E-state index contributed by atoms with van der Waals surface area (Å²) in [5.41, 5.74) is 4.20. The highest BCUT2D eigenvalue weighted by Crippen LogP contribution is 2.26. The first-order valence-electron chi connectivity index (χ1n) is 7.12. The maximum absolute atomic E-state index is 11.1. The second kappa shape index (κ2) is 5.82. The number of rotatable bonds is 3. The molecular weight excluding hydrogens is 288 g/mol. The molecule has 0 aliphatic heterocycles. The van der Waals surface area contributed by atoms with Gasteiger partial charge >= 0.3 is 5.97 Å². The van der Waals surface area contributed by atoms with E-state index in [2.05, 4.69) is 6.07 Å². The summed E-state index contributed by atoms with van der Waals surface area (Å²) in [4.78, 5) is 11.1. The molecule has 0 unspecified atom stereocenters. The molecule has 4 nitrogen and oxygen atoms in total. The maximum Gasteiger partial charge on any atom is 0.335 e. The van der Waals surface area contributed by atoms with Gasteiger partial charge in [-0.3, -0.25) is 0 Å². The Balaban J connectivity index is 2.09. The van der Waals surface area contributed by atoms with Crippen LogP contribution in [-0.4, -0.2) is 15.6 Å². The molecule has 0 bridgehead atoms. The van der Waals surface area contributed by atoms with Gasteiger partial charge in [0.15, 0.2) is 0 Å². The van der Waals surface area contributed by atoms with Crippen molar-refractivity contribution in [2.75, 3.05) is 0 Å². The fourth-order valence-electron chi connectivity index (χ4n) is 2.59. The van der Waals surface area contributed by atoms with Crippen LogP contribution in [0.2, 0.25) is 0 Å². The van der Waals surface area contributed by atoms with Crippen molar-refractivity contribution in [1.82, 2.24) is 4.57 Å². The number of carbonyl (C=O) groups is 1. The number of carboxylic acids is 1. The van der Waals surface area contributed by atoms with Crippen molar-refractivity contribution in [2.45, 2.75) is 6.92 Å². The Bertz CT molecular complexity index is 918. The lowest BCUT2D eigenvalue weighted by Gasteiger charge is -2.06. The maximum atomic E-state index is 11.1. The minimum absolute atomic E-state index is 0.282. The Kier molecular flexibility index (Phi) is 3.70. The lowest BCUT2D eigenvalue weighted by atomic mass is 10.1. The van der Waals surface area contributed by atoms with Crippen molar-refractivity contribution >= 4 is 5.97 Å². The van der Waals surface area contributed by atoms with Crippen LogP contribution in [0.3, 0.4) is 0 Å². The summed E-state index contributed by atoms with van der Waals surface area (Å²) >= 11 is 0. The molecule has 1 N–H and O–H groups in total. The molecule has 0 amide bonds. The third-order valence-corrected chi connectivity index (χ3v) is 3.77. The Morgan fingerprint density at radius 3 is 2.48 bits per heavy atom. The number of nitrogens with zero attached hydrogens (tertiary/aromatic N) is 2. The Morgan fingerprint density at radius 1 is 1.13 bits per heavy atom. The van der Waals surface area contributed by atoms with E-state index in [1.165, 1.54) is 0 Å². The van der Waals surface area contributed by atoms with E-state index in [0.717, 1.165) is 16.8 Å². The smallest absolute Gasteiger partial charge is 0.335 e. The van der Waals surface area contributed by atoms with E-state index in [1.54, 1.807) is 31.3 Å². The van der Waals surface area contributed by atoms with Gasteiger partial charge in [0.05, 0.1) is 11.1 Å². The number of aryl methyl sites for hydroxylation is 1. The van der Waals surface area contributed by atoms with E-state index >= 15 is 0 Å². The number of hydrogen-bond donors (Lipinski definition) is 1. The summed E-state index contributed by atoms with van der Waals surface area (Å²) < 4.78 is 1.85. The van der Waals surface area contributed by atoms with Crippen LogP contribution in [0.5, 0.6) is 0 Å². The van der Waals surface area contributed by atoms with Gasteiger partial charge in [0.1, 0.15) is 6.07 Å². The third-order valence-electron chi connectivity index (χ3n) is 3.77. The van der Waals surface area contributed by atoms with E-state index in [0.29, 0.717) is 11.1 Å². The van der Waals surface area contributed by atoms with Gasteiger partial charge in [-0.05, 0) is 36.2 Å². The molecule has 0 aliphatic rings. The van der Waals surface area contributed by atoms with Crippen LogP contribution in [0.4, 0.5) is 0 Å². The minimum atomic E-state index is -0.941. The zero-order valence-corrected chi connectivity index (χ0v) is 12.5. The highest BCUT2D eigenvalue weighted by Gasteiger charge is 2.12. The molecule has 3 rings (SSSR count). The minimum Gasteiger partial charge on any atom is -0.478 e. The van der Waals surface area contributed by atoms with Crippen LogP contribution in [-0.2, 0) is 0 Å².